The minimum Gasteiger partial charge on any atom is -0.400 e. The molecule has 1 N–H and O–H groups in total. The predicted octanol–water partition coefficient (Wildman–Crippen LogP) is 7.63. The SMILES string of the molecule is CC(C)c1ccc(N2CCOCC2)c(NP(=O)(Oc2ccc(Cl)cc2)Oc2ccc(Cl)cc2)c1. The molecular weight excluding hydrogens is 494 g/mol. The molecule has 0 aromatic heterocycles. The summed E-state index contributed by atoms with van der Waals surface area (Å²) in [6.45, 7) is 6.95. The standard InChI is InChI=1S/C25H27Cl2N2O4P/c1-18(2)19-3-12-25(29-13-15-31-16-14-29)24(17-19)28-34(30,32-22-8-4-20(26)5-9-22)33-23-10-6-21(27)7-11-23/h3-12,17-18H,13-16H2,1-2H3,(H,28,30). The van der Waals surface area contributed by atoms with Gasteiger partial charge < -0.3 is 18.7 Å². The molecule has 0 atom stereocenters. The number of hydrogen-bond acceptors (Lipinski definition) is 5. The third-order valence-electron chi connectivity index (χ3n) is 5.37. The van der Waals surface area contributed by atoms with Crippen molar-refractivity contribution in [1.29, 1.82) is 0 Å². The van der Waals surface area contributed by atoms with Crippen LogP contribution in [0.25, 0.3) is 0 Å². The van der Waals surface area contributed by atoms with Gasteiger partial charge in [-0.2, -0.15) is 0 Å². The first-order valence-electron chi connectivity index (χ1n) is 11.1. The molecule has 1 saturated heterocycles. The molecule has 9 heteroatoms. The Morgan fingerprint density at radius 3 is 1.91 bits per heavy atom. The van der Waals surface area contributed by atoms with E-state index in [4.69, 9.17) is 37.0 Å². The topological polar surface area (TPSA) is 60.0 Å². The zero-order valence-electron chi connectivity index (χ0n) is 19.0. The Labute approximate surface area is 210 Å². The van der Waals surface area contributed by atoms with Gasteiger partial charge in [0.05, 0.1) is 24.6 Å². The van der Waals surface area contributed by atoms with Gasteiger partial charge in [-0.3, -0.25) is 5.09 Å². The average Bonchev–Trinajstić information content (AvgIpc) is 2.82. The van der Waals surface area contributed by atoms with Crippen LogP contribution >= 0.6 is 30.9 Å². The number of nitrogens with one attached hydrogen (secondary N) is 1. The lowest BCUT2D eigenvalue weighted by molar-refractivity contribution is 0.123. The van der Waals surface area contributed by atoms with E-state index in [1.54, 1.807) is 48.5 Å². The van der Waals surface area contributed by atoms with Gasteiger partial charge in [0.2, 0.25) is 0 Å². The second-order valence-electron chi connectivity index (χ2n) is 8.23. The highest BCUT2D eigenvalue weighted by Gasteiger charge is 2.31. The molecule has 1 aliphatic heterocycles. The van der Waals surface area contributed by atoms with Crippen molar-refractivity contribution in [2.24, 2.45) is 0 Å². The summed E-state index contributed by atoms with van der Waals surface area (Å²) in [6.07, 6.45) is 0. The van der Waals surface area contributed by atoms with Gasteiger partial charge in [0, 0.05) is 23.1 Å². The Hall–Kier alpha value is -2.37. The first-order chi connectivity index (χ1) is 16.3. The van der Waals surface area contributed by atoms with Crippen molar-refractivity contribution in [3.8, 4) is 11.5 Å². The average molecular weight is 521 g/mol. The maximum absolute atomic E-state index is 14.1. The quantitative estimate of drug-likeness (QED) is 0.308. The summed E-state index contributed by atoms with van der Waals surface area (Å²) in [5.74, 6) is 1.01. The molecule has 34 heavy (non-hydrogen) atoms. The van der Waals surface area contributed by atoms with Crippen LogP contribution in [0.4, 0.5) is 11.4 Å². The first kappa shape index (κ1) is 24.7. The van der Waals surface area contributed by atoms with E-state index in [1.165, 1.54) is 0 Å². The number of nitrogens with zero attached hydrogens (tertiary/aromatic N) is 1. The molecule has 3 aromatic carbocycles. The van der Waals surface area contributed by atoms with Crippen LogP contribution in [0.2, 0.25) is 10.0 Å². The van der Waals surface area contributed by atoms with Crippen molar-refractivity contribution >= 4 is 42.3 Å². The molecule has 180 valence electrons. The molecule has 4 rings (SSSR count). The summed E-state index contributed by atoms with van der Waals surface area (Å²) >= 11 is 12.0. The normalized spacial score (nSPS) is 14.2. The number of halogens is 2. The number of benzene rings is 3. The Bertz CT molecular complexity index is 1100. The van der Waals surface area contributed by atoms with E-state index in [0.717, 1.165) is 24.3 Å². The summed E-state index contributed by atoms with van der Waals surface area (Å²) < 4.78 is 31.5. The van der Waals surface area contributed by atoms with E-state index in [0.29, 0.717) is 40.4 Å². The zero-order valence-corrected chi connectivity index (χ0v) is 21.4. The van der Waals surface area contributed by atoms with Crippen molar-refractivity contribution in [3.05, 3.63) is 82.3 Å². The van der Waals surface area contributed by atoms with Gasteiger partial charge in [-0.25, -0.2) is 4.57 Å². The summed E-state index contributed by atoms with van der Waals surface area (Å²) in [6, 6.07) is 19.4. The van der Waals surface area contributed by atoms with E-state index in [1.807, 2.05) is 12.1 Å². The zero-order chi connectivity index (χ0) is 24.1. The molecule has 0 saturated carbocycles. The second kappa shape index (κ2) is 10.9. The highest BCUT2D eigenvalue weighted by atomic mass is 35.5. The van der Waals surface area contributed by atoms with Crippen LogP contribution < -0.4 is 19.0 Å². The van der Waals surface area contributed by atoms with Crippen LogP contribution in [0.1, 0.15) is 25.3 Å². The molecule has 0 amide bonds. The van der Waals surface area contributed by atoms with E-state index >= 15 is 0 Å². The summed E-state index contributed by atoms with van der Waals surface area (Å²) in [4.78, 5) is 2.20. The van der Waals surface area contributed by atoms with Crippen molar-refractivity contribution in [2.75, 3.05) is 36.3 Å². The number of hydrogen-bond donors (Lipinski definition) is 1. The van der Waals surface area contributed by atoms with Gasteiger partial charge in [-0.05, 0) is 72.1 Å². The fourth-order valence-electron chi connectivity index (χ4n) is 3.56. The van der Waals surface area contributed by atoms with Crippen molar-refractivity contribution < 1.29 is 18.3 Å². The molecule has 6 nitrogen and oxygen atoms in total. The molecule has 0 aliphatic carbocycles. The van der Waals surface area contributed by atoms with Crippen LogP contribution in [-0.2, 0) is 9.30 Å². The van der Waals surface area contributed by atoms with Crippen LogP contribution in [-0.4, -0.2) is 26.3 Å². The summed E-state index contributed by atoms with van der Waals surface area (Å²) in [7, 11) is -3.94. The highest BCUT2D eigenvalue weighted by Crippen LogP contribution is 2.50. The van der Waals surface area contributed by atoms with Gasteiger partial charge in [-0.15, -0.1) is 0 Å². The Kier molecular flexibility index (Phi) is 7.95. The maximum Gasteiger partial charge on any atom is 0.541 e. The molecular formula is C25H27Cl2N2O4P. The molecule has 0 unspecified atom stereocenters. The van der Waals surface area contributed by atoms with Gasteiger partial charge in [0.15, 0.2) is 0 Å². The van der Waals surface area contributed by atoms with Crippen molar-refractivity contribution in [3.63, 3.8) is 0 Å². The fourth-order valence-corrected chi connectivity index (χ4v) is 5.22. The van der Waals surface area contributed by atoms with Gasteiger partial charge in [-0.1, -0.05) is 43.1 Å². The monoisotopic (exact) mass is 520 g/mol. The minimum absolute atomic E-state index is 0.285. The van der Waals surface area contributed by atoms with E-state index in [9.17, 15) is 4.57 Å². The van der Waals surface area contributed by atoms with Crippen LogP contribution in [0.15, 0.2) is 66.7 Å². The Morgan fingerprint density at radius 2 is 1.41 bits per heavy atom. The third-order valence-corrected chi connectivity index (χ3v) is 7.30. The lowest BCUT2D eigenvalue weighted by Crippen LogP contribution is -2.36. The largest absolute Gasteiger partial charge is 0.541 e. The molecule has 1 heterocycles. The first-order valence-corrected chi connectivity index (χ1v) is 13.4. The number of morpholine rings is 1. The molecule has 0 spiro atoms. The number of rotatable bonds is 8. The van der Waals surface area contributed by atoms with Crippen molar-refractivity contribution in [1.82, 2.24) is 0 Å². The smallest absolute Gasteiger partial charge is 0.400 e. The summed E-state index contributed by atoms with van der Waals surface area (Å²) in [5.41, 5.74) is 2.68. The molecule has 1 aliphatic rings. The number of ether oxygens (including phenoxy) is 1. The highest BCUT2D eigenvalue weighted by molar-refractivity contribution is 7.56. The van der Waals surface area contributed by atoms with Crippen LogP contribution in [0.5, 0.6) is 11.5 Å². The van der Waals surface area contributed by atoms with E-state index in [-0.39, 0.29) is 5.92 Å². The Balaban J connectivity index is 1.71. The van der Waals surface area contributed by atoms with Gasteiger partial charge >= 0.3 is 7.75 Å². The third kappa shape index (κ3) is 6.39. The minimum atomic E-state index is -3.94. The molecule has 3 aromatic rings. The molecule has 0 radical (unpaired) electrons. The predicted molar refractivity (Wildman–Crippen MR) is 139 cm³/mol. The van der Waals surface area contributed by atoms with Gasteiger partial charge in [0.1, 0.15) is 11.5 Å². The second-order valence-corrected chi connectivity index (χ2v) is 10.7. The molecule has 0 bridgehead atoms. The maximum atomic E-state index is 14.1. The Morgan fingerprint density at radius 1 is 0.882 bits per heavy atom. The van der Waals surface area contributed by atoms with Crippen LogP contribution in [0, 0.1) is 0 Å². The van der Waals surface area contributed by atoms with E-state index in [2.05, 4.69) is 29.9 Å². The lowest BCUT2D eigenvalue weighted by Gasteiger charge is -2.32. The molecule has 1 fully saturated rings. The summed E-state index contributed by atoms with van der Waals surface area (Å²) in [5, 5.41) is 4.20. The lowest BCUT2D eigenvalue weighted by atomic mass is 10.0. The van der Waals surface area contributed by atoms with Crippen LogP contribution in [0.3, 0.4) is 0 Å². The number of anilines is 2. The fraction of sp³-hybridized carbons (Fsp3) is 0.280. The van der Waals surface area contributed by atoms with E-state index < -0.39 is 7.75 Å². The van der Waals surface area contributed by atoms with Gasteiger partial charge in [0.25, 0.3) is 0 Å². The van der Waals surface area contributed by atoms with Crippen molar-refractivity contribution in [2.45, 2.75) is 19.8 Å².